The van der Waals surface area contributed by atoms with Crippen LogP contribution in [0.1, 0.15) is 46.0 Å². The van der Waals surface area contributed by atoms with Gasteiger partial charge in [0.2, 0.25) is 5.91 Å². The van der Waals surface area contributed by atoms with Crippen LogP contribution in [0.25, 0.3) is 0 Å². The summed E-state index contributed by atoms with van der Waals surface area (Å²) in [6.07, 6.45) is 5.30. The quantitative estimate of drug-likeness (QED) is 0.765. The fraction of sp³-hybridized carbons (Fsp3) is 0.933. The minimum atomic E-state index is 0.188. The van der Waals surface area contributed by atoms with Gasteiger partial charge in [0.25, 0.3) is 0 Å². The Balaban J connectivity index is 2.39. The molecule has 0 aromatic carbocycles. The van der Waals surface area contributed by atoms with Gasteiger partial charge in [-0.15, -0.1) is 0 Å². The van der Waals surface area contributed by atoms with Crippen molar-refractivity contribution in [1.29, 1.82) is 0 Å². The second kappa shape index (κ2) is 8.54. The van der Waals surface area contributed by atoms with Crippen molar-refractivity contribution in [2.45, 2.75) is 52.0 Å². The number of hydrogen-bond acceptors (Lipinski definition) is 3. The van der Waals surface area contributed by atoms with Gasteiger partial charge < -0.3 is 15.5 Å². The number of carbonyl (C=O) groups is 1. The summed E-state index contributed by atoms with van der Waals surface area (Å²) in [5, 5.41) is 0. The average Bonchev–Trinajstić information content (AvgIpc) is 2.42. The molecule has 0 saturated carbocycles. The highest BCUT2D eigenvalue weighted by atomic mass is 16.2. The molecule has 0 aliphatic carbocycles. The molecule has 1 saturated heterocycles. The zero-order chi connectivity index (χ0) is 14.3. The standard InChI is InChI=1S/C15H31N3O/c1-13(2)7-10-17(3)14(12-16)11-15(19)18-8-5-4-6-9-18/h13-14H,4-12,16H2,1-3H3. The Morgan fingerprint density at radius 2 is 1.89 bits per heavy atom. The van der Waals surface area contributed by atoms with Crippen molar-refractivity contribution in [3.8, 4) is 0 Å². The zero-order valence-electron chi connectivity index (χ0n) is 12.9. The van der Waals surface area contributed by atoms with Gasteiger partial charge in [0.15, 0.2) is 0 Å². The average molecular weight is 269 g/mol. The molecule has 1 atom stereocenters. The molecule has 0 radical (unpaired) electrons. The Labute approximate surface area is 118 Å². The first-order valence-electron chi connectivity index (χ1n) is 7.72. The summed E-state index contributed by atoms with van der Waals surface area (Å²) in [6, 6.07) is 0.188. The van der Waals surface area contributed by atoms with E-state index in [1.807, 2.05) is 4.90 Å². The Morgan fingerprint density at radius 1 is 1.26 bits per heavy atom. The molecule has 1 amide bonds. The smallest absolute Gasteiger partial charge is 0.224 e. The van der Waals surface area contributed by atoms with Crippen LogP contribution in [0.15, 0.2) is 0 Å². The normalized spacial score (nSPS) is 18.1. The maximum absolute atomic E-state index is 12.3. The summed E-state index contributed by atoms with van der Waals surface area (Å²) in [5.41, 5.74) is 5.85. The number of likely N-dealkylation sites (tertiary alicyclic amines) is 1. The number of piperidine rings is 1. The van der Waals surface area contributed by atoms with Crippen LogP contribution in [0.5, 0.6) is 0 Å². The molecule has 1 unspecified atom stereocenters. The van der Waals surface area contributed by atoms with Crippen LogP contribution in [0, 0.1) is 5.92 Å². The summed E-state index contributed by atoms with van der Waals surface area (Å²) in [6.45, 7) is 7.91. The molecule has 0 spiro atoms. The van der Waals surface area contributed by atoms with Gasteiger partial charge in [-0.2, -0.15) is 0 Å². The molecule has 0 aromatic rings. The monoisotopic (exact) mass is 269 g/mol. The van der Waals surface area contributed by atoms with Gasteiger partial charge in [-0.25, -0.2) is 0 Å². The fourth-order valence-corrected chi connectivity index (χ4v) is 2.54. The summed E-state index contributed by atoms with van der Waals surface area (Å²) in [5.74, 6) is 0.977. The third-order valence-corrected chi connectivity index (χ3v) is 4.07. The number of nitrogens with two attached hydrogens (primary N) is 1. The highest BCUT2D eigenvalue weighted by Gasteiger charge is 2.22. The van der Waals surface area contributed by atoms with Crippen LogP contribution in [-0.4, -0.2) is 55.0 Å². The molecule has 0 bridgehead atoms. The van der Waals surface area contributed by atoms with Gasteiger partial charge in [-0.3, -0.25) is 4.79 Å². The zero-order valence-corrected chi connectivity index (χ0v) is 12.9. The molecule has 2 N–H and O–H groups in total. The van der Waals surface area contributed by atoms with Crippen molar-refractivity contribution in [3.05, 3.63) is 0 Å². The van der Waals surface area contributed by atoms with Crippen LogP contribution >= 0.6 is 0 Å². The maximum atomic E-state index is 12.3. The second-order valence-corrected chi connectivity index (χ2v) is 6.20. The lowest BCUT2D eigenvalue weighted by molar-refractivity contribution is -0.133. The van der Waals surface area contributed by atoms with Gasteiger partial charge in [0.05, 0.1) is 0 Å². The predicted octanol–water partition coefficient (Wildman–Crippen LogP) is 1.69. The van der Waals surface area contributed by atoms with Crippen molar-refractivity contribution in [2.24, 2.45) is 11.7 Å². The van der Waals surface area contributed by atoms with Gasteiger partial charge >= 0.3 is 0 Å². The van der Waals surface area contributed by atoms with Crippen LogP contribution in [0.3, 0.4) is 0 Å². The van der Waals surface area contributed by atoms with Crippen LogP contribution in [0.4, 0.5) is 0 Å². The summed E-state index contributed by atoms with van der Waals surface area (Å²) >= 11 is 0. The number of carbonyl (C=O) groups excluding carboxylic acids is 1. The largest absolute Gasteiger partial charge is 0.343 e. The SMILES string of the molecule is CC(C)CCN(C)C(CN)CC(=O)N1CCCCC1. The van der Waals surface area contributed by atoms with E-state index in [-0.39, 0.29) is 11.9 Å². The number of amides is 1. The molecule has 1 aliphatic rings. The molecule has 4 nitrogen and oxygen atoms in total. The Hall–Kier alpha value is -0.610. The van der Waals surface area contributed by atoms with Gasteiger partial charge in [-0.1, -0.05) is 13.8 Å². The van der Waals surface area contributed by atoms with E-state index in [2.05, 4.69) is 25.8 Å². The maximum Gasteiger partial charge on any atom is 0.224 e. The molecule has 4 heteroatoms. The highest BCUT2D eigenvalue weighted by molar-refractivity contribution is 5.76. The Morgan fingerprint density at radius 3 is 2.42 bits per heavy atom. The van der Waals surface area contributed by atoms with Crippen molar-refractivity contribution < 1.29 is 4.79 Å². The molecule has 1 aliphatic heterocycles. The Bertz CT molecular complexity index is 262. The first kappa shape index (κ1) is 16.4. The molecule has 112 valence electrons. The van der Waals surface area contributed by atoms with E-state index >= 15 is 0 Å². The van der Waals surface area contributed by atoms with E-state index in [9.17, 15) is 4.79 Å². The van der Waals surface area contributed by atoms with Crippen molar-refractivity contribution in [1.82, 2.24) is 9.80 Å². The Kier molecular flexibility index (Phi) is 7.39. The lowest BCUT2D eigenvalue weighted by Gasteiger charge is -2.31. The van der Waals surface area contributed by atoms with Crippen molar-refractivity contribution in [3.63, 3.8) is 0 Å². The van der Waals surface area contributed by atoms with E-state index in [0.717, 1.165) is 38.9 Å². The van der Waals surface area contributed by atoms with Crippen LogP contribution in [0.2, 0.25) is 0 Å². The van der Waals surface area contributed by atoms with Gasteiger partial charge in [0.1, 0.15) is 0 Å². The number of rotatable bonds is 7. The minimum Gasteiger partial charge on any atom is -0.343 e. The molecule has 1 heterocycles. The van der Waals surface area contributed by atoms with Crippen molar-refractivity contribution >= 4 is 5.91 Å². The first-order chi connectivity index (χ1) is 9.04. The number of nitrogens with zero attached hydrogens (tertiary/aromatic N) is 2. The summed E-state index contributed by atoms with van der Waals surface area (Å²) < 4.78 is 0. The lowest BCUT2D eigenvalue weighted by Crippen LogP contribution is -2.44. The summed E-state index contributed by atoms with van der Waals surface area (Å²) in [4.78, 5) is 16.5. The first-order valence-corrected chi connectivity index (χ1v) is 7.72. The predicted molar refractivity (Wildman–Crippen MR) is 80.0 cm³/mol. The molecular formula is C15H31N3O. The van der Waals surface area contributed by atoms with Gasteiger partial charge in [0, 0.05) is 32.1 Å². The van der Waals surface area contributed by atoms with E-state index in [1.54, 1.807) is 0 Å². The third kappa shape index (κ3) is 5.91. The second-order valence-electron chi connectivity index (χ2n) is 6.20. The highest BCUT2D eigenvalue weighted by Crippen LogP contribution is 2.13. The van der Waals surface area contributed by atoms with Crippen molar-refractivity contribution in [2.75, 3.05) is 33.2 Å². The van der Waals surface area contributed by atoms with E-state index < -0.39 is 0 Å². The molecule has 0 aromatic heterocycles. The molecular weight excluding hydrogens is 238 g/mol. The van der Waals surface area contributed by atoms with E-state index in [4.69, 9.17) is 5.73 Å². The topological polar surface area (TPSA) is 49.6 Å². The van der Waals surface area contributed by atoms with E-state index in [1.165, 1.54) is 6.42 Å². The number of likely N-dealkylation sites (N-methyl/N-ethyl adjacent to an activating group) is 1. The van der Waals surface area contributed by atoms with Gasteiger partial charge in [-0.05, 0) is 45.2 Å². The van der Waals surface area contributed by atoms with Crippen LogP contribution in [-0.2, 0) is 4.79 Å². The molecule has 1 fully saturated rings. The van der Waals surface area contributed by atoms with Crippen LogP contribution < -0.4 is 5.73 Å². The summed E-state index contributed by atoms with van der Waals surface area (Å²) in [7, 11) is 2.09. The number of hydrogen-bond donors (Lipinski definition) is 1. The fourth-order valence-electron chi connectivity index (χ4n) is 2.54. The minimum absolute atomic E-state index is 0.188. The molecule has 1 rings (SSSR count). The third-order valence-electron chi connectivity index (χ3n) is 4.07. The lowest BCUT2D eigenvalue weighted by atomic mass is 10.1. The van der Waals surface area contributed by atoms with E-state index in [0.29, 0.717) is 18.9 Å². The molecule has 19 heavy (non-hydrogen) atoms.